The number of nitrogens with one attached hydrogen (secondary N) is 2. The van der Waals surface area contributed by atoms with Crippen molar-refractivity contribution in [3.63, 3.8) is 0 Å². The summed E-state index contributed by atoms with van der Waals surface area (Å²) < 4.78 is 0. The van der Waals surface area contributed by atoms with Crippen LogP contribution in [0.5, 0.6) is 0 Å². The SMILES string of the molecule is OC1CCC(NCc2cn[nH]c2-c2ccc(Cl)cc2)CC1. The first-order valence-corrected chi connectivity index (χ1v) is 7.80. The number of aromatic nitrogens is 2. The van der Waals surface area contributed by atoms with Gasteiger partial charge in [0.2, 0.25) is 0 Å². The molecular weight excluding hydrogens is 286 g/mol. The van der Waals surface area contributed by atoms with Gasteiger partial charge in [-0.15, -0.1) is 0 Å². The average molecular weight is 306 g/mol. The zero-order valence-electron chi connectivity index (χ0n) is 11.8. The quantitative estimate of drug-likeness (QED) is 0.813. The highest BCUT2D eigenvalue weighted by Crippen LogP contribution is 2.24. The molecule has 2 aromatic rings. The van der Waals surface area contributed by atoms with Gasteiger partial charge in [0, 0.05) is 23.2 Å². The molecule has 112 valence electrons. The fraction of sp³-hybridized carbons (Fsp3) is 0.438. The Labute approximate surface area is 129 Å². The molecule has 1 aliphatic rings. The van der Waals surface area contributed by atoms with Gasteiger partial charge in [0.15, 0.2) is 0 Å². The first kappa shape index (κ1) is 14.6. The van der Waals surface area contributed by atoms with Gasteiger partial charge in [-0.2, -0.15) is 5.10 Å². The van der Waals surface area contributed by atoms with E-state index in [0.717, 1.165) is 54.1 Å². The molecule has 1 aromatic heterocycles. The Morgan fingerprint density at radius 3 is 2.62 bits per heavy atom. The number of aliphatic hydroxyl groups is 1. The van der Waals surface area contributed by atoms with Crippen LogP contribution in [-0.2, 0) is 6.54 Å². The van der Waals surface area contributed by atoms with Crippen molar-refractivity contribution in [3.8, 4) is 11.3 Å². The first-order chi connectivity index (χ1) is 10.2. The zero-order valence-corrected chi connectivity index (χ0v) is 12.6. The van der Waals surface area contributed by atoms with Crippen molar-refractivity contribution < 1.29 is 5.11 Å². The number of hydrogen-bond acceptors (Lipinski definition) is 3. The Morgan fingerprint density at radius 2 is 1.90 bits per heavy atom. The van der Waals surface area contributed by atoms with Crippen LogP contribution in [0, 0.1) is 0 Å². The molecule has 5 heteroatoms. The fourth-order valence-electron chi connectivity index (χ4n) is 2.85. The van der Waals surface area contributed by atoms with E-state index in [1.54, 1.807) is 0 Å². The van der Waals surface area contributed by atoms with Crippen LogP contribution in [0.1, 0.15) is 31.2 Å². The molecule has 3 rings (SSSR count). The van der Waals surface area contributed by atoms with Gasteiger partial charge in [0.05, 0.1) is 18.0 Å². The van der Waals surface area contributed by atoms with Crippen molar-refractivity contribution >= 4 is 11.6 Å². The Kier molecular flexibility index (Phi) is 4.58. The molecule has 1 aromatic carbocycles. The predicted molar refractivity (Wildman–Crippen MR) is 84.1 cm³/mol. The third kappa shape index (κ3) is 3.64. The van der Waals surface area contributed by atoms with E-state index in [4.69, 9.17) is 11.6 Å². The summed E-state index contributed by atoms with van der Waals surface area (Å²) in [4.78, 5) is 0. The van der Waals surface area contributed by atoms with Crippen LogP contribution in [0.3, 0.4) is 0 Å². The topological polar surface area (TPSA) is 60.9 Å². The van der Waals surface area contributed by atoms with Crippen molar-refractivity contribution in [2.24, 2.45) is 0 Å². The number of rotatable bonds is 4. The first-order valence-electron chi connectivity index (χ1n) is 7.42. The van der Waals surface area contributed by atoms with E-state index in [1.165, 1.54) is 0 Å². The molecule has 3 N–H and O–H groups in total. The number of aliphatic hydroxyl groups excluding tert-OH is 1. The van der Waals surface area contributed by atoms with Crippen LogP contribution in [0.25, 0.3) is 11.3 Å². The van der Waals surface area contributed by atoms with Gasteiger partial charge in [-0.25, -0.2) is 0 Å². The number of nitrogens with zero attached hydrogens (tertiary/aromatic N) is 1. The lowest BCUT2D eigenvalue weighted by molar-refractivity contribution is 0.116. The Bertz CT molecular complexity index is 573. The molecule has 1 aliphatic carbocycles. The number of aromatic amines is 1. The molecule has 1 heterocycles. The van der Waals surface area contributed by atoms with Gasteiger partial charge in [0.25, 0.3) is 0 Å². The minimum atomic E-state index is -0.110. The summed E-state index contributed by atoms with van der Waals surface area (Å²) in [6.45, 7) is 0.787. The summed E-state index contributed by atoms with van der Waals surface area (Å²) in [5.41, 5.74) is 3.28. The van der Waals surface area contributed by atoms with E-state index in [9.17, 15) is 5.11 Å². The second kappa shape index (κ2) is 6.60. The largest absolute Gasteiger partial charge is 0.393 e. The van der Waals surface area contributed by atoms with Crippen LogP contribution in [-0.4, -0.2) is 27.4 Å². The molecule has 0 saturated heterocycles. The van der Waals surface area contributed by atoms with Crippen molar-refractivity contribution in [2.75, 3.05) is 0 Å². The highest BCUT2D eigenvalue weighted by Gasteiger charge is 2.19. The van der Waals surface area contributed by atoms with Crippen LogP contribution in [0.4, 0.5) is 0 Å². The molecule has 4 nitrogen and oxygen atoms in total. The van der Waals surface area contributed by atoms with Gasteiger partial charge in [0.1, 0.15) is 0 Å². The van der Waals surface area contributed by atoms with Gasteiger partial charge >= 0.3 is 0 Å². The summed E-state index contributed by atoms with van der Waals surface area (Å²) in [7, 11) is 0. The number of benzene rings is 1. The van der Waals surface area contributed by atoms with Crippen LogP contribution >= 0.6 is 11.6 Å². The van der Waals surface area contributed by atoms with Crippen molar-refractivity contribution in [1.29, 1.82) is 0 Å². The van der Waals surface area contributed by atoms with Crippen LogP contribution in [0.15, 0.2) is 30.5 Å². The highest BCUT2D eigenvalue weighted by atomic mass is 35.5. The second-order valence-electron chi connectivity index (χ2n) is 5.66. The summed E-state index contributed by atoms with van der Waals surface area (Å²) in [5, 5.41) is 21.1. The molecule has 0 amide bonds. The fourth-order valence-corrected chi connectivity index (χ4v) is 2.97. The maximum atomic E-state index is 9.54. The third-order valence-electron chi connectivity index (χ3n) is 4.13. The molecular formula is C16H20ClN3O. The maximum absolute atomic E-state index is 9.54. The maximum Gasteiger partial charge on any atom is 0.0695 e. The number of hydrogen-bond donors (Lipinski definition) is 3. The molecule has 21 heavy (non-hydrogen) atoms. The molecule has 0 aliphatic heterocycles. The summed E-state index contributed by atoms with van der Waals surface area (Å²) in [5.74, 6) is 0. The van der Waals surface area contributed by atoms with E-state index in [-0.39, 0.29) is 6.10 Å². The minimum absolute atomic E-state index is 0.110. The molecule has 0 atom stereocenters. The van der Waals surface area contributed by atoms with Gasteiger partial charge < -0.3 is 10.4 Å². The molecule has 0 spiro atoms. The normalized spacial score (nSPS) is 22.4. The summed E-state index contributed by atoms with van der Waals surface area (Å²) >= 11 is 5.93. The Hall–Kier alpha value is -1.36. The Balaban J connectivity index is 1.64. The average Bonchev–Trinajstić information content (AvgIpc) is 2.96. The van der Waals surface area contributed by atoms with Crippen molar-refractivity contribution in [1.82, 2.24) is 15.5 Å². The summed E-state index contributed by atoms with van der Waals surface area (Å²) in [6, 6.07) is 8.25. The van der Waals surface area contributed by atoms with E-state index >= 15 is 0 Å². The van der Waals surface area contributed by atoms with E-state index in [1.807, 2.05) is 30.5 Å². The molecule has 1 fully saturated rings. The molecule has 0 unspecified atom stereocenters. The molecule has 1 saturated carbocycles. The summed E-state index contributed by atoms with van der Waals surface area (Å²) in [6.07, 6.45) is 5.63. The lowest BCUT2D eigenvalue weighted by Crippen LogP contribution is -2.34. The molecule has 0 radical (unpaired) electrons. The van der Waals surface area contributed by atoms with Crippen LogP contribution in [0.2, 0.25) is 5.02 Å². The lowest BCUT2D eigenvalue weighted by atomic mass is 9.93. The van der Waals surface area contributed by atoms with Crippen LogP contribution < -0.4 is 5.32 Å². The number of halogens is 1. The van der Waals surface area contributed by atoms with Crippen molar-refractivity contribution in [2.45, 2.75) is 44.4 Å². The smallest absolute Gasteiger partial charge is 0.0695 e. The van der Waals surface area contributed by atoms with Gasteiger partial charge in [-0.3, -0.25) is 5.10 Å². The second-order valence-corrected chi connectivity index (χ2v) is 6.10. The standard InChI is InChI=1S/C16H20ClN3O/c17-13-3-1-11(2-4-13)16-12(10-19-20-16)9-18-14-5-7-15(21)8-6-14/h1-4,10,14-15,18,21H,5-9H2,(H,19,20). The van der Waals surface area contributed by atoms with Crippen molar-refractivity contribution in [3.05, 3.63) is 41.0 Å². The highest BCUT2D eigenvalue weighted by molar-refractivity contribution is 6.30. The monoisotopic (exact) mass is 305 g/mol. The predicted octanol–water partition coefficient (Wildman–Crippen LogP) is 3.12. The van der Waals surface area contributed by atoms with E-state index < -0.39 is 0 Å². The molecule has 0 bridgehead atoms. The van der Waals surface area contributed by atoms with E-state index in [0.29, 0.717) is 6.04 Å². The third-order valence-corrected chi connectivity index (χ3v) is 4.38. The van der Waals surface area contributed by atoms with E-state index in [2.05, 4.69) is 15.5 Å². The van der Waals surface area contributed by atoms with Gasteiger partial charge in [-0.1, -0.05) is 23.7 Å². The number of H-pyrrole nitrogens is 1. The Morgan fingerprint density at radius 1 is 1.19 bits per heavy atom. The lowest BCUT2D eigenvalue weighted by Gasteiger charge is -2.26. The van der Waals surface area contributed by atoms with Gasteiger partial charge in [-0.05, 0) is 43.4 Å². The minimum Gasteiger partial charge on any atom is -0.393 e. The zero-order chi connectivity index (χ0) is 14.7.